The van der Waals surface area contributed by atoms with Crippen LogP contribution in [0.15, 0.2) is 47.4 Å². The molecule has 0 aromatic heterocycles. The Hall–Kier alpha value is -1.92. The average molecular weight is 386 g/mol. The third kappa shape index (κ3) is 4.80. The fourth-order valence-electron chi connectivity index (χ4n) is 1.86. The van der Waals surface area contributed by atoms with E-state index in [1.54, 1.807) is 12.1 Å². The molecule has 0 aliphatic heterocycles. The number of hydrogen-bond donors (Lipinski definition) is 1. The first kappa shape index (κ1) is 19.4. The van der Waals surface area contributed by atoms with Gasteiger partial charge in [0, 0.05) is 33.5 Å². The number of carbonyl (C=O) groups is 1. The maximum absolute atomic E-state index is 13.2. The van der Waals surface area contributed by atoms with E-state index in [1.807, 2.05) is 13.8 Å². The highest BCUT2D eigenvalue weighted by atomic mass is 35.5. The van der Waals surface area contributed by atoms with Gasteiger partial charge in [0.1, 0.15) is 0 Å². The van der Waals surface area contributed by atoms with Crippen molar-refractivity contribution >= 4 is 35.0 Å². The second-order valence-corrected chi connectivity index (χ2v) is 7.25. The number of halogens is 4. The quantitative estimate of drug-likeness (QED) is 0.384. The van der Waals surface area contributed by atoms with Crippen molar-refractivity contribution in [1.29, 1.82) is 0 Å². The molecule has 1 N–H and O–H groups in total. The summed E-state index contributed by atoms with van der Waals surface area (Å²) in [6, 6.07) is 6.06. The molecule has 0 radical (unpaired) electrons. The van der Waals surface area contributed by atoms with Gasteiger partial charge in [-0.15, -0.1) is 11.8 Å². The van der Waals surface area contributed by atoms with Crippen LogP contribution in [0.2, 0.25) is 5.02 Å². The summed E-state index contributed by atoms with van der Waals surface area (Å²) >= 11 is 7.59. The number of nitrogens with one attached hydrogen (secondary N) is 1. The number of benzene rings is 2. The molecule has 0 aliphatic rings. The van der Waals surface area contributed by atoms with Gasteiger partial charge in [0.2, 0.25) is 0 Å². The van der Waals surface area contributed by atoms with Crippen LogP contribution in [0.4, 0.5) is 18.9 Å². The molecular formula is C18H15ClF3NOS. The highest BCUT2D eigenvalue weighted by Crippen LogP contribution is 2.33. The number of carbonyl (C=O) groups excluding carboxylic acids is 1. The number of anilines is 1. The molecule has 1 unspecified atom stereocenters. The standard InChI is InChI=1S/C18H15ClF3NOS/c1-9(2)10(3)25-16-6-11(4-5-13(16)19)18(24)23-12-7-14(20)17(22)15(21)8-12/h4-8,10H,1H2,2-3H3,(H,23,24). The van der Waals surface area contributed by atoms with Crippen molar-refractivity contribution in [2.24, 2.45) is 0 Å². The Balaban J connectivity index is 2.23. The summed E-state index contributed by atoms with van der Waals surface area (Å²) in [5.41, 5.74) is 1.03. The minimum Gasteiger partial charge on any atom is -0.322 e. The summed E-state index contributed by atoms with van der Waals surface area (Å²) in [6.07, 6.45) is 0. The first-order valence-corrected chi connectivity index (χ1v) is 8.52. The molecule has 0 fully saturated rings. The van der Waals surface area contributed by atoms with Crippen LogP contribution >= 0.6 is 23.4 Å². The molecule has 0 aliphatic carbocycles. The zero-order valence-corrected chi connectivity index (χ0v) is 15.1. The molecule has 1 atom stereocenters. The summed E-state index contributed by atoms with van der Waals surface area (Å²) in [5, 5.41) is 2.91. The summed E-state index contributed by atoms with van der Waals surface area (Å²) in [4.78, 5) is 13.0. The Kier molecular flexibility index (Phi) is 6.19. The van der Waals surface area contributed by atoms with Gasteiger partial charge in [0.25, 0.3) is 5.91 Å². The Morgan fingerprint density at radius 3 is 2.36 bits per heavy atom. The predicted octanol–water partition coefficient (Wildman–Crippen LogP) is 6.07. The molecule has 0 saturated carbocycles. The fraction of sp³-hybridized carbons (Fsp3) is 0.167. The lowest BCUT2D eigenvalue weighted by Gasteiger charge is -2.13. The van der Waals surface area contributed by atoms with E-state index >= 15 is 0 Å². The molecule has 2 aromatic carbocycles. The van der Waals surface area contributed by atoms with Gasteiger partial charge in [-0.3, -0.25) is 4.79 Å². The summed E-state index contributed by atoms with van der Waals surface area (Å²) in [5.74, 6) is -4.93. The van der Waals surface area contributed by atoms with E-state index in [0.717, 1.165) is 5.57 Å². The number of thioether (sulfide) groups is 1. The molecular weight excluding hydrogens is 371 g/mol. The van der Waals surface area contributed by atoms with E-state index in [-0.39, 0.29) is 16.5 Å². The topological polar surface area (TPSA) is 29.1 Å². The molecule has 0 heterocycles. The lowest BCUT2D eigenvalue weighted by molar-refractivity contribution is 0.102. The molecule has 2 aromatic rings. The Morgan fingerprint density at radius 1 is 1.20 bits per heavy atom. The van der Waals surface area contributed by atoms with Crippen molar-refractivity contribution in [2.75, 3.05) is 5.32 Å². The van der Waals surface area contributed by atoms with Gasteiger partial charge >= 0.3 is 0 Å². The van der Waals surface area contributed by atoms with E-state index in [1.165, 1.54) is 17.8 Å². The SMILES string of the molecule is C=C(C)C(C)Sc1cc(C(=O)Nc2cc(F)c(F)c(F)c2)ccc1Cl. The predicted molar refractivity (Wildman–Crippen MR) is 95.9 cm³/mol. The van der Waals surface area contributed by atoms with Crippen molar-refractivity contribution in [3.8, 4) is 0 Å². The fourth-order valence-corrected chi connectivity index (χ4v) is 3.07. The number of rotatable bonds is 5. The van der Waals surface area contributed by atoms with Crippen molar-refractivity contribution in [2.45, 2.75) is 24.0 Å². The molecule has 132 valence electrons. The smallest absolute Gasteiger partial charge is 0.255 e. The minimum absolute atomic E-state index is 0.0936. The summed E-state index contributed by atoms with van der Waals surface area (Å²) in [6.45, 7) is 7.72. The molecule has 25 heavy (non-hydrogen) atoms. The Labute approximate surface area is 153 Å². The highest BCUT2D eigenvalue weighted by Gasteiger charge is 2.15. The third-order valence-electron chi connectivity index (χ3n) is 3.43. The molecule has 2 rings (SSSR count). The third-order valence-corrected chi connectivity index (χ3v) is 5.22. The second-order valence-electron chi connectivity index (χ2n) is 5.46. The van der Waals surface area contributed by atoms with E-state index in [9.17, 15) is 18.0 Å². The van der Waals surface area contributed by atoms with E-state index in [4.69, 9.17) is 11.6 Å². The van der Waals surface area contributed by atoms with Crippen LogP contribution in [0.5, 0.6) is 0 Å². The van der Waals surface area contributed by atoms with Crippen LogP contribution in [0.1, 0.15) is 24.2 Å². The molecule has 2 nitrogen and oxygen atoms in total. The lowest BCUT2D eigenvalue weighted by Crippen LogP contribution is -2.13. The van der Waals surface area contributed by atoms with Crippen molar-refractivity contribution in [3.05, 3.63) is 70.5 Å². The van der Waals surface area contributed by atoms with E-state index in [0.29, 0.717) is 22.1 Å². The average Bonchev–Trinajstić information content (AvgIpc) is 2.54. The van der Waals surface area contributed by atoms with Crippen LogP contribution in [-0.4, -0.2) is 11.2 Å². The van der Waals surface area contributed by atoms with Crippen LogP contribution < -0.4 is 5.32 Å². The Morgan fingerprint density at radius 2 is 1.80 bits per heavy atom. The Bertz CT molecular complexity index is 818. The van der Waals surface area contributed by atoms with E-state index < -0.39 is 23.4 Å². The van der Waals surface area contributed by atoms with Crippen molar-refractivity contribution in [1.82, 2.24) is 0 Å². The van der Waals surface area contributed by atoms with Gasteiger partial charge in [-0.1, -0.05) is 23.8 Å². The van der Waals surface area contributed by atoms with Crippen LogP contribution in [0.3, 0.4) is 0 Å². The van der Waals surface area contributed by atoms with E-state index in [2.05, 4.69) is 11.9 Å². The van der Waals surface area contributed by atoms with Crippen LogP contribution in [0.25, 0.3) is 0 Å². The maximum atomic E-state index is 13.2. The van der Waals surface area contributed by atoms with Gasteiger partial charge in [0.05, 0.1) is 5.02 Å². The lowest BCUT2D eigenvalue weighted by atomic mass is 10.2. The normalized spacial score (nSPS) is 11.9. The largest absolute Gasteiger partial charge is 0.322 e. The first-order valence-electron chi connectivity index (χ1n) is 7.26. The summed E-state index contributed by atoms with van der Waals surface area (Å²) in [7, 11) is 0. The summed E-state index contributed by atoms with van der Waals surface area (Å²) < 4.78 is 39.4. The molecule has 0 saturated heterocycles. The van der Waals surface area contributed by atoms with Crippen molar-refractivity contribution < 1.29 is 18.0 Å². The van der Waals surface area contributed by atoms with Gasteiger partial charge in [0.15, 0.2) is 17.5 Å². The van der Waals surface area contributed by atoms with Gasteiger partial charge in [-0.25, -0.2) is 13.2 Å². The second kappa shape index (κ2) is 7.97. The molecule has 7 heteroatoms. The zero-order valence-electron chi connectivity index (χ0n) is 13.5. The van der Waals surface area contributed by atoms with Gasteiger partial charge in [-0.2, -0.15) is 0 Å². The monoisotopic (exact) mass is 385 g/mol. The van der Waals surface area contributed by atoms with Gasteiger partial charge in [-0.05, 0) is 32.0 Å². The molecule has 1 amide bonds. The maximum Gasteiger partial charge on any atom is 0.255 e. The molecule has 0 bridgehead atoms. The highest BCUT2D eigenvalue weighted by molar-refractivity contribution is 8.00. The molecule has 0 spiro atoms. The van der Waals surface area contributed by atoms with Gasteiger partial charge < -0.3 is 5.32 Å². The zero-order chi connectivity index (χ0) is 18.7. The number of hydrogen-bond acceptors (Lipinski definition) is 2. The van der Waals surface area contributed by atoms with Crippen molar-refractivity contribution in [3.63, 3.8) is 0 Å². The van der Waals surface area contributed by atoms with Crippen LogP contribution in [-0.2, 0) is 0 Å². The first-order chi connectivity index (χ1) is 11.7. The number of amides is 1. The minimum atomic E-state index is -1.59. The van der Waals surface area contributed by atoms with Crippen LogP contribution in [0, 0.1) is 17.5 Å².